The van der Waals surface area contributed by atoms with E-state index in [0.717, 1.165) is 5.56 Å². The van der Waals surface area contributed by atoms with Crippen molar-refractivity contribution in [2.45, 2.75) is 51.2 Å². The molecule has 108 valence electrons. The molecule has 2 rings (SSSR count). The second-order valence-electron chi connectivity index (χ2n) is 6.24. The molecule has 0 radical (unpaired) electrons. The van der Waals surface area contributed by atoms with E-state index in [0.29, 0.717) is 0 Å². The van der Waals surface area contributed by atoms with Crippen molar-refractivity contribution >= 4 is 11.8 Å². The number of carbonyl (C=O) groups excluding carboxylic acids is 2. The van der Waals surface area contributed by atoms with Gasteiger partial charge in [-0.3, -0.25) is 14.5 Å². The van der Waals surface area contributed by atoms with Crippen LogP contribution >= 0.6 is 0 Å². The molecule has 4 nitrogen and oxygen atoms in total. The molecule has 0 bridgehead atoms. The first-order valence-corrected chi connectivity index (χ1v) is 6.82. The number of amides is 2. The quantitative estimate of drug-likeness (QED) is 0.857. The normalized spacial score (nSPS) is 25.1. The maximum atomic E-state index is 12.8. The summed E-state index contributed by atoms with van der Waals surface area (Å²) < 4.78 is 0. The van der Waals surface area contributed by atoms with Crippen LogP contribution in [-0.2, 0) is 15.0 Å². The summed E-state index contributed by atoms with van der Waals surface area (Å²) in [6.45, 7) is 6.81. The second kappa shape index (κ2) is 4.70. The molecule has 1 heterocycles. The molecule has 0 spiro atoms. The van der Waals surface area contributed by atoms with Gasteiger partial charge in [-0.05, 0) is 33.3 Å². The molecule has 1 aromatic rings. The molecule has 20 heavy (non-hydrogen) atoms. The molecule has 1 N–H and O–H groups in total. The summed E-state index contributed by atoms with van der Waals surface area (Å²) in [5.74, 6) is -0.466. The van der Waals surface area contributed by atoms with Gasteiger partial charge in [-0.2, -0.15) is 0 Å². The highest BCUT2D eigenvalue weighted by molar-refractivity contribution is 6.09. The Bertz CT molecular complexity index is 536. The van der Waals surface area contributed by atoms with Gasteiger partial charge in [0.05, 0.1) is 17.1 Å². The molecular formula is C16H21NO3. The first kappa shape index (κ1) is 14.7. The lowest BCUT2D eigenvalue weighted by molar-refractivity contribution is -0.150. The number of rotatable bonds is 3. The molecular weight excluding hydrogens is 254 g/mol. The molecule has 1 fully saturated rings. The van der Waals surface area contributed by atoms with Gasteiger partial charge in [-0.1, -0.05) is 30.3 Å². The largest absolute Gasteiger partial charge is 0.391 e. The maximum Gasteiger partial charge on any atom is 0.240 e. The summed E-state index contributed by atoms with van der Waals surface area (Å²) in [7, 11) is 0. The van der Waals surface area contributed by atoms with Crippen molar-refractivity contribution in [2.75, 3.05) is 0 Å². The number of benzene rings is 1. The lowest BCUT2D eigenvalue weighted by Crippen LogP contribution is -2.55. The van der Waals surface area contributed by atoms with E-state index in [-0.39, 0.29) is 18.2 Å². The lowest BCUT2D eigenvalue weighted by Gasteiger charge is -2.37. The topological polar surface area (TPSA) is 57.6 Å². The third-order valence-electron chi connectivity index (χ3n) is 4.44. The molecule has 2 unspecified atom stereocenters. The van der Waals surface area contributed by atoms with E-state index in [1.54, 1.807) is 27.7 Å². The predicted octanol–water partition coefficient (Wildman–Crippen LogP) is 1.86. The Labute approximate surface area is 119 Å². The summed E-state index contributed by atoms with van der Waals surface area (Å²) in [6, 6.07) is 9.33. The Balaban J connectivity index is 2.44. The van der Waals surface area contributed by atoms with Crippen molar-refractivity contribution in [3.63, 3.8) is 0 Å². The van der Waals surface area contributed by atoms with Gasteiger partial charge in [-0.25, -0.2) is 0 Å². The van der Waals surface area contributed by atoms with Gasteiger partial charge in [0, 0.05) is 6.42 Å². The Kier molecular flexibility index (Phi) is 3.46. The molecule has 0 aromatic heterocycles. The smallest absolute Gasteiger partial charge is 0.240 e. The number of likely N-dealkylation sites (tertiary alicyclic amines) is 1. The fourth-order valence-corrected chi connectivity index (χ4v) is 2.62. The Morgan fingerprint density at radius 2 is 1.80 bits per heavy atom. The standard InChI is InChI=1S/C16H21NO3/c1-11(18)15(2,3)17-13(19)10-16(4,14(17)20)12-8-6-5-7-9-12/h5-9,11,18H,10H2,1-4H3. The molecule has 1 aromatic carbocycles. The van der Waals surface area contributed by atoms with Crippen molar-refractivity contribution < 1.29 is 14.7 Å². The van der Waals surface area contributed by atoms with Crippen molar-refractivity contribution in [3.05, 3.63) is 35.9 Å². The number of aliphatic hydroxyl groups excluding tert-OH is 1. The minimum Gasteiger partial charge on any atom is -0.391 e. The van der Waals surface area contributed by atoms with Gasteiger partial charge in [0.15, 0.2) is 0 Å². The summed E-state index contributed by atoms with van der Waals surface area (Å²) in [4.78, 5) is 26.3. The molecule has 1 saturated heterocycles. The van der Waals surface area contributed by atoms with Crippen molar-refractivity contribution in [1.29, 1.82) is 0 Å². The van der Waals surface area contributed by atoms with Crippen molar-refractivity contribution in [1.82, 2.24) is 4.90 Å². The minimum atomic E-state index is -0.902. The number of hydrogen-bond donors (Lipinski definition) is 1. The minimum absolute atomic E-state index is 0.145. The van der Waals surface area contributed by atoms with Gasteiger partial charge in [-0.15, -0.1) is 0 Å². The molecule has 0 aliphatic carbocycles. The van der Waals surface area contributed by atoms with Gasteiger partial charge in [0.2, 0.25) is 11.8 Å². The zero-order chi connectivity index (χ0) is 15.1. The van der Waals surface area contributed by atoms with Crippen LogP contribution in [-0.4, -0.2) is 33.5 Å². The van der Waals surface area contributed by atoms with E-state index >= 15 is 0 Å². The van der Waals surface area contributed by atoms with E-state index in [2.05, 4.69) is 0 Å². The van der Waals surface area contributed by atoms with Crippen LogP contribution in [0.1, 0.15) is 39.7 Å². The van der Waals surface area contributed by atoms with Gasteiger partial charge in [0.25, 0.3) is 0 Å². The summed E-state index contributed by atoms with van der Waals surface area (Å²) in [5, 5.41) is 9.87. The van der Waals surface area contributed by atoms with Gasteiger partial charge < -0.3 is 5.11 Å². The van der Waals surface area contributed by atoms with E-state index < -0.39 is 17.1 Å². The molecule has 2 amide bonds. The zero-order valence-electron chi connectivity index (χ0n) is 12.4. The highest BCUT2D eigenvalue weighted by atomic mass is 16.3. The van der Waals surface area contributed by atoms with Gasteiger partial charge in [0.1, 0.15) is 0 Å². The first-order valence-electron chi connectivity index (χ1n) is 6.82. The Morgan fingerprint density at radius 1 is 1.25 bits per heavy atom. The summed E-state index contributed by atoms with van der Waals surface area (Å²) in [5.41, 5.74) is -0.909. The Hall–Kier alpha value is -1.68. The third-order valence-corrected chi connectivity index (χ3v) is 4.44. The molecule has 2 atom stereocenters. The number of aliphatic hydroxyl groups is 1. The number of nitrogens with zero attached hydrogens (tertiary/aromatic N) is 1. The van der Waals surface area contributed by atoms with Crippen LogP contribution in [0.25, 0.3) is 0 Å². The van der Waals surface area contributed by atoms with Crippen molar-refractivity contribution in [2.24, 2.45) is 0 Å². The fourth-order valence-electron chi connectivity index (χ4n) is 2.62. The van der Waals surface area contributed by atoms with Crippen molar-refractivity contribution in [3.8, 4) is 0 Å². The van der Waals surface area contributed by atoms with Crippen LogP contribution in [0.3, 0.4) is 0 Å². The number of hydrogen-bond acceptors (Lipinski definition) is 3. The zero-order valence-corrected chi connectivity index (χ0v) is 12.4. The monoisotopic (exact) mass is 275 g/mol. The van der Waals surface area contributed by atoms with Crippen LogP contribution < -0.4 is 0 Å². The Morgan fingerprint density at radius 3 is 2.30 bits per heavy atom. The van der Waals surface area contributed by atoms with Crippen LogP contribution in [0.4, 0.5) is 0 Å². The fraction of sp³-hybridized carbons (Fsp3) is 0.500. The number of carbonyl (C=O) groups is 2. The summed E-state index contributed by atoms with van der Waals surface area (Å²) in [6.07, 6.45) is -0.639. The third kappa shape index (κ3) is 2.04. The highest BCUT2D eigenvalue weighted by Crippen LogP contribution is 2.40. The average molecular weight is 275 g/mol. The predicted molar refractivity (Wildman–Crippen MR) is 76.0 cm³/mol. The molecule has 1 aliphatic heterocycles. The summed E-state index contributed by atoms with van der Waals surface area (Å²) >= 11 is 0. The lowest BCUT2D eigenvalue weighted by atomic mass is 9.81. The molecule has 4 heteroatoms. The van der Waals surface area contributed by atoms with E-state index in [1.165, 1.54) is 4.90 Å². The van der Waals surface area contributed by atoms with Gasteiger partial charge >= 0.3 is 0 Å². The van der Waals surface area contributed by atoms with Crippen LogP contribution in [0.2, 0.25) is 0 Å². The van der Waals surface area contributed by atoms with Crippen LogP contribution in [0.5, 0.6) is 0 Å². The second-order valence-corrected chi connectivity index (χ2v) is 6.24. The van der Waals surface area contributed by atoms with E-state index in [1.807, 2.05) is 30.3 Å². The average Bonchev–Trinajstić information content (AvgIpc) is 2.62. The molecule has 1 aliphatic rings. The van der Waals surface area contributed by atoms with E-state index in [4.69, 9.17) is 0 Å². The van der Waals surface area contributed by atoms with E-state index in [9.17, 15) is 14.7 Å². The SMILES string of the molecule is CC(O)C(C)(C)N1C(=O)CC(C)(c2ccccc2)C1=O. The van der Waals surface area contributed by atoms with Crippen LogP contribution in [0, 0.1) is 0 Å². The molecule has 0 saturated carbocycles. The van der Waals surface area contributed by atoms with Crippen LogP contribution in [0.15, 0.2) is 30.3 Å². The highest BCUT2D eigenvalue weighted by Gasteiger charge is 2.54. The maximum absolute atomic E-state index is 12.8. The number of imide groups is 1. The first-order chi connectivity index (χ1) is 9.21.